The summed E-state index contributed by atoms with van der Waals surface area (Å²) < 4.78 is 0. The van der Waals surface area contributed by atoms with Gasteiger partial charge in [0.05, 0.1) is 0 Å². The highest BCUT2D eigenvalue weighted by atomic mass is 31.2. The molecule has 5 rings (SSSR count). The van der Waals surface area contributed by atoms with Gasteiger partial charge < -0.3 is 0 Å². The zero-order valence-corrected chi connectivity index (χ0v) is 19.8. The van der Waals surface area contributed by atoms with Gasteiger partial charge >= 0.3 is 0 Å². The van der Waals surface area contributed by atoms with E-state index in [4.69, 9.17) is 0 Å². The van der Waals surface area contributed by atoms with E-state index in [0.29, 0.717) is 0 Å². The van der Waals surface area contributed by atoms with Crippen LogP contribution in [0.5, 0.6) is 0 Å². The zero-order chi connectivity index (χ0) is 22.1. The maximum Gasteiger partial charge on any atom is 0.145 e. The van der Waals surface area contributed by atoms with Crippen molar-refractivity contribution in [2.75, 3.05) is 0 Å². The molecule has 5 aromatic carbocycles. The third-order valence-corrected chi connectivity index (χ3v) is 11.3. The Kier molecular flexibility index (Phi) is 5.41. The fraction of sp³-hybridized carbons (Fsp3) is 0.0968. The van der Waals surface area contributed by atoms with E-state index < -0.39 is 7.26 Å². The van der Waals surface area contributed by atoms with Crippen LogP contribution in [0, 0.1) is 20.8 Å². The van der Waals surface area contributed by atoms with Crippen LogP contribution in [-0.2, 0) is 0 Å². The summed E-state index contributed by atoms with van der Waals surface area (Å²) in [7, 11) is -2.12. The molecule has 0 atom stereocenters. The molecule has 0 aliphatic carbocycles. The average Bonchev–Trinajstić information content (AvgIpc) is 2.82. The van der Waals surface area contributed by atoms with Gasteiger partial charge in [-0.2, -0.15) is 0 Å². The number of benzene rings is 5. The highest BCUT2D eigenvalue weighted by Crippen LogP contribution is 2.56. The van der Waals surface area contributed by atoms with Crippen molar-refractivity contribution in [1.29, 1.82) is 0 Å². The van der Waals surface area contributed by atoms with E-state index in [0.717, 1.165) is 0 Å². The largest absolute Gasteiger partial charge is 0.145 e. The van der Waals surface area contributed by atoms with Crippen LogP contribution in [0.2, 0.25) is 0 Å². The van der Waals surface area contributed by atoms with Crippen molar-refractivity contribution in [3.8, 4) is 0 Å². The number of hydrogen-bond acceptors (Lipinski definition) is 0. The molecule has 0 aromatic heterocycles. The molecular formula is C31H28P+. The first kappa shape index (κ1) is 20.7. The second-order valence-electron chi connectivity index (χ2n) is 8.56. The van der Waals surface area contributed by atoms with Crippen LogP contribution >= 0.6 is 7.26 Å². The normalized spacial score (nSPS) is 11.6. The van der Waals surface area contributed by atoms with Gasteiger partial charge in [0.25, 0.3) is 0 Å². The summed E-state index contributed by atoms with van der Waals surface area (Å²) in [4.78, 5) is 0. The molecule has 0 aliphatic heterocycles. The second-order valence-corrected chi connectivity index (χ2v) is 11.9. The summed E-state index contributed by atoms with van der Waals surface area (Å²) in [6.07, 6.45) is 0. The van der Waals surface area contributed by atoms with Crippen molar-refractivity contribution in [2.45, 2.75) is 20.8 Å². The third-order valence-electron chi connectivity index (χ3n) is 6.55. The van der Waals surface area contributed by atoms with Crippen molar-refractivity contribution in [2.24, 2.45) is 0 Å². The minimum absolute atomic E-state index is 1.29. The molecule has 0 N–H and O–H groups in total. The van der Waals surface area contributed by atoms with E-state index in [9.17, 15) is 0 Å². The molecule has 1 heteroatoms. The molecule has 0 unspecified atom stereocenters. The van der Waals surface area contributed by atoms with Gasteiger partial charge in [-0.25, -0.2) is 0 Å². The lowest BCUT2D eigenvalue weighted by molar-refractivity contribution is 1.48. The smallest absolute Gasteiger partial charge is 0.0617 e. The quantitative estimate of drug-likeness (QED) is 0.290. The van der Waals surface area contributed by atoms with E-state index >= 15 is 0 Å². The third kappa shape index (κ3) is 3.27. The molecule has 0 nitrogen and oxygen atoms in total. The highest BCUT2D eigenvalue weighted by molar-refractivity contribution is 8.01. The average molecular weight is 432 g/mol. The van der Waals surface area contributed by atoms with Crippen molar-refractivity contribution in [1.82, 2.24) is 0 Å². The minimum Gasteiger partial charge on any atom is -0.0617 e. The Morgan fingerprint density at radius 1 is 0.406 bits per heavy atom. The predicted octanol–water partition coefficient (Wildman–Crippen LogP) is 6.38. The fourth-order valence-corrected chi connectivity index (χ4v) is 9.99. The number of hydrogen-bond donors (Lipinski definition) is 0. The first-order valence-electron chi connectivity index (χ1n) is 11.2. The van der Waals surface area contributed by atoms with E-state index in [2.05, 4.69) is 136 Å². The maximum atomic E-state index is 2.44. The molecule has 0 amide bonds. The molecule has 32 heavy (non-hydrogen) atoms. The Morgan fingerprint density at radius 3 is 1.28 bits per heavy atom. The van der Waals surface area contributed by atoms with Gasteiger partial charge in [-0.05, 0) is 78.6 Å². The predicted molar refractivity (Wildman–Crippen MR) is 143 cm³/mol. The Balaban J connectivity index is 2.00. The minimum atomic E-state index is -2.12. The number of fused-ring (bicyclic) bond motifs is 1. The van der Waals surface area contributed by atoms with Crippen LogP contribution in [0.4, 0.5) is 0 Å². The van der Waals surface area contributed by atoms with Gasteiger partial charge in [-0.3, -0.25) is 0 Å². The number of rotatable bonds is 4. The zero-order valence-electron chi connectivity index (χ0n) is 18.9. The molecule has 0 heterocycles. The van der Waals surface area contributed by atoms with Crippen molar-refractivity contribution >= 4 is 39.3 Å². The lowest BCUT2D eigenvalue weighted by atomic mass is 10.1. The van der Waals surface area contributed by atoms with Gasteiger partial charge in [0.1, 0.15) is 28.5 Å². The highest BCUT2D eigenvalue weighted by Gasteiger charge is 2.50. The maximum absolute atomic E-state index is 2.44. The summed E-state index contributed by atoms with van der Waals surface area (Å²) >= 11 is 0. The number of aryl methyl sites for hydroxylation is 3. The molecule has 0 aliphatic rings. The first-order chi connectivity index (χ1) is 15.6. The lowest BCUT2D eigenvalue weighted by Crippen LogP contribution is -2.41. The van der Waals surface area contributed by atoms with Crippen LogP contribution in [0.1, 0.15) is 16.7 Å². The Morgan fingerprint density at radius 2 is 0.812 bits per heavy atom. The molecule has 0 bridgehead atoms. The molecule has 0 fully saturated rings. The van der Waals surface area contributed by atoms with Crippen LogP contribution in [0.25, 0.3) is 10.8 Å². The van der Waals surface area contributed by atoms with E-state index in [1.807, 2.05) is 0 Å². The summed E-state index contributed by atoms with van der Waals surface area (Å²) in [5, 5.41) is 8.32. The van der Waals surface area contributed by atoms with Crippen LogP contribution in [0.3, 0.4) is 0 Å². The van der Waals surface area contributed by atoms with Crippen molar-refractivity contribution in [3.63, 3.8) is 0 Å². The monoisotopic (exact) mass is 431 g/mol. The fourth-order valence-electron chi connectivity index (χ4n) is 5.01. The standard InChI is InChI=1S/C31H28P/c1-23-12-4-9-17-29(23)32(30-18-10-5-13-24(30)2,31-19-11-6-14-25(31)3)28-21-20-26-15-7-8-16-27(26)22-28/h4-22H,1-3H3/q+1. The van der Waals surface area contributed by atoms with Crippen molar-refractivity contribution in [3.05, 3.63) is 132 Å². The van der Waals surface area contributed by atoms with E-state index in [-0.39, 0.29) is 0 Å². The molecular weight excluding hydrogens is 403 g/mol. The summed E-state index contributed by atoms with van der Waals surface area (Å²) in [6.45, 7) is 6.80. The van der Waals surface area contributed by atoms with Gasteiger partial charge in [0, 0.05) is 0 Å². The summed E-state index contributed by atoms with van der Waals surface area (Å²) in [6, 6.07) is 42.8. The Bertz CT molecular complexity index is 1300. The van der Waals surface area contributed by atoms with Gasteiger partial charge in [0.2, 0.25) is 0 Å². The summed E-state index contributed by atoms with van der Waals surface area (Å²) in [5.74, 6) is 0. The molecule has 0 radical (unpaired) electrons. The van der Waals surface area contributed by atoms with Crippen LogP contribution in [0.15, 0.2) is 115 Å². The molecule has 0 saturated heterocycles. The van der Waals surface area contributed by atoms with Gasteiger partial charge in [-0.15, -0.1) is 0 Å². The molecule has 5 aromatic rings. The van der Waals surface area contributed by atoms with Crippen molar-refractivity contribution < 1.29 is 0 Å². The topological polar surface area (TPSA) is 0 Å². The van der Waals surface area contributed by atoms with Gasteiger partial charge in [-0.1, -0.05) is 84.9 Å². The molecule has 156 valence electrons. The Hall–Kier alpha value is -3.21. The second kappa shape index (κ2) is 8.38. The Labute approximate surface area is 191 Å². The lowest BCUT2D eigenvalue weighted by Gasteiger charge is -2.31. The first-order valence-corrected chi connectivity index (χ1v) is 13.0. The van der Waals surface area contributed by atoms with Crippen LogP contribution in [-0.4, -0.2) is 0 Å². The van der Waals surface area contributed by atoms with Crippen LogP contribution < -0.4 is 21.2 Å². The molecule has 0 saturated carbocycles. The molecule has 0 spiro atoms. The van der Waals surface area contributed by atoms with E-state index in [1.165, 1.54) is 48.7 Å². The van der Waals surface area contributed by atoms with Gasteiger partial charge in [0.15, 0.2) is 0 Å². The summed E-state index contributed by atoms with van der Waals surface area (Å²) in [5.41, 5.74) is 4.04. The SMILES string of the molecule is Cc1ccccc1[P+](c1ccc2ccccc2c1)(c1ccccc1C)c1ccccc1C. The van der Waals surface area contributed by atoms with E-state index in [1.54, 1.807) is 0 Å².